The fourth-order valence-electron chi connectivity index (χ4n) is 2.87. The number of hydrogen-bond donors (Lipinski definition) is 0. The minimum Gasteiger partial charge on any atom is -0.306 e. The lowest BCUT2D eigenvalue weighted by atomic mass is 10.00. The molecule has 0 bridgehead atoms. The normalized spacial score (nSPS) is 18.6. The molecule has 0 saturated carbocycles. The zero-order chi connectivity index (χ0) is 15.8. The molecule has 1 aromatic carbocycles. The SMILES string of the molecule is CC1CCCN(Cc2ccc(-n3ccnc3)cc2)C1.CCC. The summed E-state index contributed by atoms with van der Waals surface area (Å²) >= 11 is 0. The molecule has 0 aliphatic carbocycles. The smallest absolute Gasteiger partial charge is 0.0991 e. The molecule has 1 fully saturated rings. The second-order valence-corrected chi connectivity index (χ2v) is 6.33. The summed E-state index contributed by atoms with van der Waals surface area (Å²) in [5.74, 6) is 0.846. The van der Waals surface area contributed by atoms with E-state index in [9.17, 15) is 0 Å². The number of likely N-dealkylation sites (tertiary alicyclic amines) is 1. The lowest BCUT2D eigenvalue weighted by molar-refractivity contribution is 0.176. The quantitative estimate of drug-likeness (QED) is 0.831. The average Bonchev–Trinajstić information content (AvgIpc) is 3.03. The first-order valence-corrected chi connectivity index (χ1v) is 8.52. The zero-order valence-corrected chi connectivity index (χ0v) is 14.2. The van der Waals surface area contributed by atoms with Crippen LogP contribution in [0.1, 0.15) is 45.6 Å². The highest BCUT2D eigenvalue weighted by Gasteiger charge is 2.15. The molecule has 22 heavy (non-hydrogen) atoms. The molecule has 3 nitrogen and oxygen atoms in total. The third-order valence-electron chi connectivity index (χ3n) is 3.89. The number of benzene rings is 1. The summed E-state index contributed by atoms with van der Waals surface area (Å²) in [5, 5.41) is 0. The molecule has 1 unspecified atom stereocenters. The number of hydrogen-bond acceptors (Lipinski definition) is 2. The van der Waals surface area contributed by atoms with Gasteiger partial charge in [-0.05, 0) is 43.0 Å². The highest BCUT2D eigenvalue weighted by molar-refractivity contribution is 5.34. The number of rotatable bonds is 3. The topological polar surface area (TPSA) is 21.1 Å². The lowest BCUT2D eigenvalue weighted by Gasteiger charge is -2.30. The van der Waals surface area contributed by atoms with Crippen molar-refractivity contribution in [2.24, 2.45) is 5.92 Å². The van der Waals surface area contributed by atoms with Gasteiger partial charge in [-0.15, -0.1) is 0 Å². The highest BCUT2D eigenvalue weighted by Crippen LogP contribution is 2.18. The van der Waals surface area contributed by atoms with Gasteiger partial charge in [0.1, 0.15) is 0 Å². The third-order valence-corrected chi connectivity index (χ3v) is 3.89. The van der Waals surface area contributed by atoms with Crippen LogP contribution in [0, 0.1) is 5.92 Å². The molecule has 0 amide bonds. The van der Waals surface area contributed by atoms with Gasteiger partial charge in [-0.1, -0.05) is 39.3 Å². The maximum Gasteiger partial charge on any atom is 0.0991 e. The average molecular weight is 299 g/mol. The molecule has 0 spiro atoms. The first-order valence-electron chi connectivity index (χ1n) is 8.52. The van der Waals surface area contributed by atoms with Crippen molar-refractivity contribution in [3.8, 4) is 5.69 Å². The molecular weight excluding hydrogens is 270 g/mol. The Morgan fingerprint density at radius 2 is 1.91 bits per heavy atom. The predicted molar refractivity (Wildman–Crippen MR) is 93.2 cm³/mol. The van der Waals surface area contributed by atoms with Gasteiger partial charge in [0.2, 0.25) is 0 Å². The molecule has 2 heterocycles. The van der Waals surface area contributed by atoms with Crippen molar-refractivity contribution in [2.45, 2.75) is 46.6 Å². The second kappa shape index (κ2) is 8.74. The van der Waals surface area contributed by atoms with Crippen LogP contribution in [0.3, 0.4) is 0 Å². The van der Waals surface area contributed by atoms with Crippen LogP contribution in [0.4, 0.5) is 0 Å². The van der Waals surface area contributed by atoms with Gasteiger partial charge in [0.15, 0.2) is 0 Å². The van der Waals surface area contributed by atoms with Crippen LogP contribution in [0.15, 0.2) is 43.0 Å². The van der Waals surface area contributed by atoms with Crippen molar-refractivity contribution < 1.29 is 0 Å². The second-order valence-electron chi connectivity index (χ2n) is 6.33. The monoisotopic (exact) mass is 299 g/mol. The summed E-state index contributed by atoms with van der Waals surface area (Å²) < 4.78 is 2.03. The molecule has 3 rings (SSSR count). The summed E-state index contributed by atoms with van der Waals surface area (Å²) in [4.78, 5) is 6.65. The Balaban J connectivity index is 0.000000545. The predicted octanol–water partition coefficient (Wildman–Crippen LogP) is 4.52. The Kier molecular flexibility index (Phi) is 6.66. The highest BCUT2D eigenvalue weighted by atomic mass is 15.1. The Morgan fingerprint density at radius 1 is 1.18 bits per heavy atom. The van der Waals surface area contributed by atoms with Gasteiger partial charge in [0, 0.05) is 31.2 Å². The van der Waals surface area contributed by atoms with Crippen LogP contribution < -0.4 is 0 Å². The molecule has 0 radical (unpaired) electrons. The summed E-state index contributed by atoms with van der Waals surface area (Å²) in [6.07, 6.45) is 9.59. The fourth-order valence-corrected chi connectivity index (χ4v) is 2.87. The lowest BCUT2D eigenvalue weighted by Crippen LogP contribution is -2.33. The van der Waals surface area contributed by atoms with E-state index in [1.807, 2.05) is 23.3 Å². The van der Waals surface area contributed by atoms with E-state index in [1.54, 1.807) is 0 Å². The van der Waals surface area contributed by atoms with E-state index in [1.165, 1.54) is 43.6 Å². The summed E-state index contributed by atoms with van der Waals surface area (Å²) in [5.41, 5.74) is 2.58. The fraction of sp³-hybridized carbons (Fsp3) is 0.526. The Hall–Kier alpha value is -1.61. The summed E-state index contributed by atoms with van der Waals surface area (Å²) in [7, 11) is 0. The molecule has 1 saturated heterocycles. The zero-order valence-electron chi connectivity index (χ0n) is 14.2. The molecule has 2 aromatic rings. The van der Waals surface area contributed by atoms with Crippen LogP contribution in [-0.4, -0.2) is 27.5 Å². The van der Waals surface area contributed by atoms with Gasteiger partial charge in [-0.2, -0.15) is 0 Å². The van der Waals surface area contributed by atoms with Crippen molar-refractivity contribution in [3.63, 3.8) is 0 Å². The van der Waals surface area contributed by atoms with Gasteiger partial charge < -0.3 is 4.57 Å². The van der Waals surface area contributed by atoms with E-state index in [2.05, 4.69) is 54.9 Å². The molecular formula is C19H29N3. The van der Waals surface area contributed by atoms with Gasteiger partial charge >= 0.3 is 0 Å². The number of aromatic nitrogens is 2. The summed E-state index contributed by atoms with van der Waals surface area (Å²) in [6.45, 7) is 10.2. The minimum atomic E-state index is 0.846. The molecule has 1 atom stereocenters. The standard InChI is InChI=1S/C16H21N3.C3H8/c1-14-3-2-9-18(11-14)12-15-4-6-16(7-5-15)19-10-8-17-13-19;1-3-2/h4-8,10,13-14H,2-3,9,11-12H2,1H3;3H2,1-2H3. The Bertz CT molecular complexity index is 516. The molecule has 0 N–H and O–H groups in total. The van der Waals surface area contributed by atoms with E-state index in [-0.39, 0.29) is 0 Å². The molecule has 120 valence electrons. The van der Waals surface area contributed by atoms with E-state index in [0.717, 1.165) is 12.5 Å². The van der Waals surface area contributed by atoms with Gasteiger partial charge in [0.05, 0.1) is 6.33 Å². The molecule has 1 aliphatic rings. The molecule has 1 aromatic heterocycles. The van der Waals surface area contributed by atoms with Gasteiger partial charge in [-0.25, -0.2) is 4.98 Å². The maximum atomic E-state index is 4.08. The largest absolute Gasteiger partial charge is 0.306 e. The van der Waals surface area contributed by atoms with Crippen molar-refractivity contribution in [1.29, 1.82) is 0 Å². The number of piperidine rings is 1. The van der Waals surface area contributed by atoms with Gasteiger partial charge in [-0.3, -0.25) is 4.90 Å². The van der Waals surface area contributed by atoms with Crippen molar-refractivity contribution >= 4 is 0 Å². The van der Waals surface area contributed by atoms with Crippen molar-refractivity contribution in [1.82, 2.24) is 14.5 Å². The third kappa shape index (κ3) is 4.99. The van der Waals surface area contributed by atoms with Crippen LogP contribution in [-0.2, 0) is 6.54 Å². The molecule has 3 heteroatoms. The minimum absolute atomic E-state index is 0.846. The van der Waals surface area contributed by atoms with Crippen LogP contribution >= 0.6 is 0 Å². The number of imidazole rings is 1. The van der Waals surface area contributed by atoms with Crippen molar-refractivity contribution in [2.75, 3.05) is 13.1 Å². The van der Waals surface area contributed by atoms with Crippen LogP contribution in [0.25, 0.3) is 5.69 Å². The van der Waals surface area contributed by atoms with Crippen molar-refractivity contribution in [3.05, 3.63) is 48.5 Å². The maximum absolute atomic E-state index is 4.08. The Labute approximate surface area is 135 Å². The van der Waals surface area contributed by atoms with E-state index in [4.69, 9.17) is 0 Å². The van der Waals surface area contributed by atoms with Crippen LogP contribution in [0.2, 0.25) is 0 Å². The Morgan fingerprint density at radius 3 is 2.50 bits per heavy atom. The van der Waals surface area contributed by atoms with E-state index >= 15 is 0 Å². The number of nitrogens with zero attached hydrogens (tertiary/aromatic N) is 3. The first kappa shape index (κ1) is 16.8. The first-order chi connectivity index (χ1) is 10.7. The van der Waals surface area contributed by atoms with Crippen LogP contribution in [0.5, 0.6) is 0 Å². The molecule has 1 aliphatic heterocycles. The van der Waals surface area contributed by atoms with E-state index in [0.29, 0.717) is 0 Å². The summed E-state index contributed by atoms with van der Waals surface area (Å²) in [6, 6.07) is 8.80. The van der Waals surface area contributed by atoms with Gasteiger partial charge in [0.25, 0.3) is 0 Å². The van der Waals surface area contributed by atoms with E-state index < -0.39 is 0 Å².